The van der Waals surface area contributed by atoms with Gasteiger partial charge < -0.3 is 29.2 Å². The van der Waals surface area contributed by atoms with Crippen LogP contribution in [0.5, 0.6) is 11.5 Å². The van der Waals surface area contributed by atoms with Gasteiger partial charge in [-0.2, -0.15) is 0 Å². The van der Waals surface area contributed by atoms with Gasteiger partial charge in [-0.15, -0.1) is 0 Å². The lowest BCUT2D eigenvalue weighted by atomic mass is 9.30. The fourth-order valence-corrected chi connectivity index (χ4v) is 18.8. The van der Waals surface area contributed by atoms with Crippen molar-refractivity contribution in [2.24, 2.45) is 0 Å². The number of fused-ring (bicyclic) bond motifs is 8. The summed E-state index contributed by atoms with van der Waals surface area (Å²) >= 11 is 0. The summed E-state index contributed by atoms with van der Waals surface area (Å²) < 4.78 is 8.23. The van der Waals surface area contributed by atoms with E-state index in [1.54, 1.807) is 0 Å². The van der Waals surface area contributed by atoms with Gasteiger partial charge in [-0.25, -0.2) is 0 Å². The molecule has 0 bridgehead atoms. The van der Waals surface area contributed by atoms with Gasteiger partial charge in [-0.1, -0.05) is 352 Å². The molecule has 0 atom stereocenters. The third-order valence-corrected chi connectivity index (χ3v) is 23.6. The molecule has 0 unspecified atom stereocenters. The second kappa shape index (κ2) is 28.6. The van der Waals surface area contributed by atoms with Gasteiger partial charge in [0.05, 0.1) is 28.4 Å². The Hall–Kier alpha value is -15.1. The summed E-state index contributed by atoms with van der Waals surface area (Å²) in [7, 11) is 0. The lowest BCUT2D eigenvalue weighted by Gasteiger charge is -2.47. The molecule has 8 heteroatoms. The highest BCUT2D eigenvalue weighted by atomic mass is 16.5. The molecule has 0 amide bonds. The van der Waals surface area contributed by atoms with Crippen molar-refractivity contribution in [3.05, 3.63) is 443 Å². The van der Waals surface area contributed by atoms with Crippen molar-refractivity contribution in [1.29, 1.82) is 0 Å². The number of ether oxygens (including phenoxy) is 1. The topological polar surface area (TPSA) is 25.4 Å². The standard InChI is InChI=1S/C108H73B2N5O/c1-11-38-74(39-12-1)86-58-35-59-87(75-40-13-2-14-41-75)106(86)113-96-66-33-31-64-92(96)109-94-72-95-102(73-98(94)115(108-90(78-46-19-5-20-47-78)62-37-63-91(108)79-48-21-6-22-49-79)100-69-84(68-99(113)104(100)109)111(80-50-23-7-24-51-80)81-52-25-8-26-53-81)116-103-71-85(112(82-54-27-9-28-55-82)83-56-29-10-30-57-83)70-101-105(103)110(95)93-65-32-34-67-97(93)114(101)107-88(76-42-15-3-16-43-76)60-36-61-89(107)77-44-17-4-18-45-77/h1-73H. The normalized spacial score (nSPS) is 12.5. The zero-order valence-electron chi connectivity index (χ0n) is 63.4. The van der Waals surface area contributed by atoms with Crippen LogP contribution in [0.2, 0.25) is 0 Å². The Labute approximate surface area is 677 Å². The van der Waals surface area contributed by atoms with Crippen LogP contribution in [-0.4, -0.2) is 13.4 Å². The first-order valence-corrected chi connectivity index (χ1v) is 40.0. The van der Waals surface area contributed by atoms with E-state index in [1.165, 1.54) is 16.4 Å². The summed E-state index contributed by atoms with van der Waals surface area (Å²) in [4.78, 5) is 12.7. The first-order chi connectivity index (χ1) is 57.6. The molecule has 0 radical (unpaired) electrons. The number of anilines is 15. The molecule has 4 heterocycles. The van der Waals surface area contributed by atoms with Gasteiger partial charge in [0, 0.05) is 102 Å². The molecular weight excluding hydrogens is 1400 g/mol. The fraction of sp³-hybridized carbons (Fsp3) is 0. The van der Waals surface area contributed by atoms with Gasteiger partial charge in [0.25, 0.3) is 13.4 Å². The molecule has 0 aliphatic carbocycles. The van der Waals surface area contributed by atoms with Crippen LogP contribution in [0.3, 0.4) is 0 Å². The van der Waals surface area contributed by atoms with Crippen molar-refractivity contribution in [2.75, 3.05) is 24.5 Å². The molecule has 0 saturated carbocycles. The van der Waals surface area contributed by atoms with Crippen LogP contribution in [0.4, 0.5) is 85.3 Å². The Morgan fingerprint density at radius 2 is 0.448 bits per heavy atom. The van der Waals surface area contributed by atoms with Gasteiger partial charge >= 0.3 is 0 Å². The smallest absolute Gasteiger partial charge is 0.256 e. The molecule has 6 nitrogen and oxygen atoms in total. The summed E-state index contributed by atoms with van der Waals surface area (Å²) in [5.74, 6) is 1.56. The maximum absolute atomic E-state index is 8.23. The average Bonchev–Trinajstić information content (AvgIpc) is 0.682. The third-order valence-electron chi connectivity index (χ3n) is 23.6. The maximum atomic E-state index is 8.23. The lowest BCUT2D eigenvalue weighted by Crippen LogP contribution is -2.64. The summed E-state index contributed by atoms with van der Waals surface area (Å²) in [6.45, 7) is -0.676. The van der Waals surface area contributed by atoms with Gasteiger partial charge in [0.1, 0.15) is 11.5 Å². The Kier molecular flexibility index (Phi) is 16.7. The van der Waals surface area contributed by atoms with Crippen LogP contribution in [0.1, 0.15) is 0 Å². The van der Waals surface area contributed by atoms with Crippen molar-refractivity contribution in [1.82, 2.24) is 0 Å². The minimum Gasteiger partial charge on any atom is -0.458 e. The number of benzene rings is 18. The second-order valence-electron chi connectivity index (χ2n) is 30.1. The molecular formula is C108H73B2N5O. The van der Waals surface area contributed by atoms with Crippen LogP contribution in [-0.2, 0) is 0 Å². The van der Waals surface area contributed by atoms with Crippen LogP contribution < -0.4 is 62.0 Å². The van der Waals surface area contributed by atoms with Crippen molar-refractivity contribution < 1.29 is 4.74 Å². The van der Waals surface area contributed by atoms with E-state index in [2.05, 4.69) is 467 Å². The SMILES string of the molecule is c1ccc(-c2cccc(-c3ccccc3)c2N2c3ccccc3B3c4cc5c(cc4Oc4cc(N(c6ccccc6)c6ccccc6)cc2c43)N(c2c(-c3ccccc3)cccc2-c2ccccc2)c2cc(N(c3ccccc3)c3ccccc3)cc3c2B5c2ccccc2N3c2c(-c3ccccc3)cccc2-c2ccccc2)cc1. The van der Waals surface area contributed by atoms with Crippen LogP contribution in [0.25, 0.3) is 66.8 Å². The fourth-order valence-electron chi connectivity index (χ4n) is 18.8. The van der Waals surface area contributed by atoms with E-state index in [-0.39, 0.29) is 13.4 Å². The Morgan fingerprint density at radius 1 is 0.181 bits per heavy atom. The Balaban J connectivity index is 0.883. The monoisotopic (exact) mass is 1480 g/mol. The average molecular weight is 1480 g/mol. The molecule has 0 N–H and O–H groups in total. The summed E-state index contributed by atoms with van der Waals surface area (Å²) in [6, 6.07) is 163. The molecule has 0 fully saturated rings. The number of para-hydroxylation sites is 9. The molecule has 4 aliphatic rings. The van der Waals surface area contributed by atoms with E-state index in [0.29, 0.717) is 0 Å². The second-order valence-corrected chi connectivity index (χ2v) is 30.1. The highest BCUT2D eigenvalue weighted by molar-refractivity contribution is 7.02. The van der Waals surface area contributed by atoms with Crippen molar-refractivity contribution >= 4 is 132 Å². The molecule has 0 aromatic heterocycles. The highest BCUT2D eigenvalue weighted by Crippen LogP contribution is 2.57. The van der Waals surface area contributed by atoms with Crippen LogP contribution in [0, 0.1) is 0 Å². The molecule has 0 saturated heterocycles. The Bertz CT molecular complexity index is 6500. The highest BCUT2D eigenvalue weighted by Gasteiger charge is 2.50. The lowest BCUT2D eigenvalue weighted by molar-refractivity contribution is 0.488. The van der Waals surface area contributed by atoms with Crippen molar-refractivity contribution in [3.63, 3.8) is 0 Å². The van der Waals surface area contributed by atoms with Gasteiger partial charge in [-0.3, -0.25) is 0 Å². The predicted molar refractivity (Wildman–Crippen MR) is 488 cm³/mol. The number of nitrogens with zero attached hydrogens (tertiary/aromatic N) is 5. The minimum atomic E-state index is -0.344. The molecule has 116 heavy (non-hydrogen) atoms. The summed E-state index contributed by atoms with van der Waals surface area (Å²) in [5, 5.41) is 0. The molecule has 18 aromatic carbocycles. The summed E-state index contributed by atoms with van der Waals surface area (Å²) in [5.41, 5.74) is 35.7. The maximum Gasteiger partial charge on any atom is 0.256 e. The van der Waals surface area contributed by atoms with E-state index >= 15 is 0 Å². The third kappa shape index (κ3) is 11.4. The quantitative estimate of drug-likeness (QED) is 0.0949. The van der Waals surface area contributed by atoms with E-state index < -0.39 is 0 Å². The molecule has 18 aromatic rings. The van der Waals surface area contributed by atoms with Gasteiger partial charge in [0.2, 0.25) is 0 Å². The van der Waals surface area contributed by atoms with Crippen molar-refractivity contribution in [2.45, 2.75) is 0 Å². The Morgan fingerprint density at radius 3 is 0.776 bits per heavy atom. The first-order valence-electron chi connectivity index (χ1n) is 40.0. The molecule has 4 aliphatic heterocycles. The minimum absolute atomic E-state index is 0.332. The van der Waals surface area contributed by atoms with Crippen molar-refractivity contribution in [3.8, 4) is 78.3 Å². The van der Waals surface area contributed by atoms with E-state index in [1.807, 2.05) is 0 Å². The predicted octanol–water partition coefficient (Wildman–Crippen LogP) is 25.1. The van der Waals surface area contributed by atoms with Gasteiger partial charge in [-0.05, 0) is 145 Å². The van der Waals surface area contributed by atoms with E-state index in [0.717, 1.165) is 180 Å². The number of hydrogen-bond donors (Lipinski definition) is 0. The molecule has 0 spiro atoms. The van der Waals surface area contributed by atoms with E-state index in [4.69, 9.17) is 4.74 Å². The summed E-state index contributed by atoms with van der Waals surface area (Å²) in [6.07, 6.45) is 0. The van der Waals surface area contributed by atoms with E-state index in [9.17, 15) is 0 Å². The molecule has 542 valence electrons. The van der Waals surface area contributed by atoms with Crippen LogP contribution in [0.15, 0.2) is 443 Å². The first kappa shape index (κ1) is 67.8. The largest absolute Gasteiger partial charge is 0.458 e. The van der Waals surface area contributed by atoms with Crippen LogP contribution >= 0.6 is 0 Å². The zero-order chi connectivity index (χ0) is 76.6. The molecule has 22 rings (SSSR count). The zero-order valence-corrected chi connectivity index (χ0v) is 63.4. The number of hydrogen-bond acceptors (Lipinski definition) is 6. The number of rotatable bonds is 15. The van der Waals surface area contributed by atoms with Gasteiger partial charge in [0.15, 0.2) is 0 Å².